The van der Waals surface area contributed by atoms with Gasteiger partial charge in [-0.15, -0.1) is 0 Å². The number of hydrogen-bond acceptors (Lipinski definition) is 1. The molecule has 0 amide bonds. The van der Waals surface area contributed by atoms with Crippen molar-refractivity contribution in [2.75, 3.05) is 0 Å². The zero-order valence-corrected chi connectivity index (χ0v) is 20.3. The topological polar surface area (TPSA) is 37.3 Å². The minimum Gasteiger partial charge on any atom is -0.472 e. The Labute approximate surface area is 189 Å². The van der Waals surface area contributed by atoms with Crippen molar-refractivity contribution in [3.05, 3.63) is 0 Å². The average Bonchev–Trinajstić information content (AvgIpc) is 2.73. The van der Waals surface area contributed by atoms with Gasteiger partial charge in [0.2, 0.25) is 0 Å². The first-order valence-electron chi connectivity index (χ1n) is 13.5. The van der Waals surface area contributed by atoms with Crippen LogP contribution in [0.4, 0.5) is 0 Å². The molecule has 0 rings (SSSR count). The zero-order valence-electron chi connectivity index (χ0n) is 20.3. The fourth-order valence-electron chi connectivity index (χ4n) is 4.14. The number of carboxylic acid groups (broad SMARTS) is 1. The maximum atomic E-state index is 10.3. The Morgan fingerprint density at radius 2 is 0.767 bits per heavy atom. The van der Waals surface area contributed by atoms with Gasteiger partial charge in [-0.1, -0.05) is 154 Å². The van der Waals surface area contributed by atoms with E-state index >= 15 is 0 Å². The second-order valence-corrected chi connectivity index (χ2v) is 9.14. The number of carbonyl (C=O) groups is 1. The third-order valence-corrected chi connectivity index (χ3v) is 6.10. The Morgan fingerprint density at radius 1 is 0.500 bits per heavy atom. The van der Waals surface area contributed by atoms with Crippen LogP contribution in [0.2, 0.25) is 0 Å². The lowest BCUT2D eigenvalue weighted by molar-refractivity contribution is -0.130. The molecule has 0 spiro atoms. The van der Waals surface area contributed by atoms with E-state index in [0.29, 0.717) is 0 Å². The number of hydrogen-bond donors (Lipinski definition) is 1. The lowest BCUT2D eigenvalue weighted by atomic mass is 10.0. The minimum absolute atomic E-state index is 0.728. The van der Waals surface area contributed by atoms with E-state index in [9.17, 15) is 4.79 Å². The van der Waals surface area contributed by atoms with Crippen LogP contribution in [0.3, 0.4) is 0 Å². The van der Waals surface area contributed by atoms with Crippen molar-refractivity contribution < 1.29 is 9.90 Å². The number of aliphatic carboxylic acids is 1. The van der Waals surface area contributed by atoms with E-state index in [1.54, 1.807) is 0 Å². The van der Waals surface area contributed by atoms with Crippen LogP contribution in [-0.2, 0) is 4.79 Å². The summed E-state index contributed by atoms with van der Waals surface area (Å²) in [4.78, 5) is 10.3. The third-order valence-electron chi connectivity index (χ3n) is 6.10. The molecule has 0 aliphatic rings. The van der Waals surface area contributed by atoms with E-state index in [0.717, 1.165) is 12.8 Å². The predicted molar refractivity (Wildman–Crippen MR) is 132 cm³/mol. The summed E-state index contributed by atoms with van der Waals surface area (Å²) in [6.45, 7) is 2.29. The zero-order chi connectivity index (χ0) is 22.0. The summed E-state index contributed by atoms with van der Waals surface area (Å²) in [6, 6.07) is 0. The Balaban J connectivity index is 3.04. The van der Waals surface area contributed by atoms with Gasteiger partial charge < -0.3 is 5.11 Å². The van der Waals surface area contributed by atoms with Gasteiger partial charge >= 0.3 is 5.97 Å². The van der Waals surface area contributed by atoms with E-state index in [2.05, 4.69) is 18.8 Å². The second-order valence-electron chi connectivity index (χ2n) is 9.14. The number of unbranched alkanes of at least 4 members (excludes halogenated alkanes) is 23. The van der Waals surface area contributed by atoms with Gasteiger partial charge in [-0.05, 0) is 6.42 Å². The van der Waals surface area contributed by atoms with Crippen LogP contribution < -0.4 is 0 Å². The van der Waals surface area contributed by atoms with Gasteiger partial charge in [-0.3, -0.25) is 0 Å². The minimum atomic E-state index is -1.01. The van der Waals surface area contributed by atoms with Crippen molar-refractivity contribution in [2.24, 2.45) is 0 Å². The molecule has 0 unspecified atom stereocenters. The van der Waals surface area contributed by atoms with Gasteiger partial charge in [0, 0.05) is 12.3 Å². The molecule has 0 atom stereocenters. The molecule has 0 bridgehead atoms. The van der Waals surface area contributed by atoms with Crippen molar-refractivity contribution in [2.45, 2.75) is 161 Å². The first kappa shape index (κ1) is 29.0. The average molecular weight is 421 g/mol. The summed E-state index contributed by atoms with van der Waals surface area (Å²) in [7, 11) is 0. The molecule has 0 fully saturated rings. The highest BCUT2D eigenvalue weighted by atomic mass is 16.4. The summed E-state index contributed by atoms with van der Waals surface area (Å²) >= 11 is 0. The molecule has 30 heavy (non-hydrogen) atoms. The largest absolute Gasteiger partial charge is 0.472 e. The lowest BCUT2D eigenvalue weighted by Crippen LogP contribution is -1.86. The summed E-state index contributed by atoms with van der Waals surface area (Å²) in [5.74, 6) is 3.87. The van der Waals surface area contributed by atoms with Crippen molar-refractivity contribution in [3.63, 3.8) is 0 Å². The van der Waals surface area contributed by atoms with Crippen LogP contribution in [0.25, 0.3) is 0 Å². The molecule has 2 heteroatoms. The Hall–Kier alpha value is -0.970. The monoisotopic (exact) mass is 420 g/mol. The molecule has 0 saturated carbocycles. The third kappa shape index (κ3) is 27.0. The van der Waals surface area contributed by atoms with Crippen molar-refractivity contribution in [3.8, 4) is 11.8 Å². The molecule has 0 aromatic rings. The van der Waals surface area contributed by atoms with E-state index in [4.69, 9.17) is 5.11 Å². The van der Waals surface area contributed by atoms with E-state index in [-0.39, 0.29) is 0 Å². The maximum absolute atomic E-state index is 10.3. The Morgan fingerprint density at radius 3 is 1.03 bits per heavy atom. The van der Waals surface area contributed by atoms with Crippen LogP contribution in [0, 0.1) is 11.8 Å². The normalized spacial score (nSPS) is 10.7. The molecular formula is C28H52O2. The van der Waals surface area contributed by atoms with E-state index in [1.807, 2.05) is 0 Å². The van der Waals surface area contributed by atoms with Crippen LogP contribution in [-0.4, -0.2) is 11.1 Å². The molecular weight excluding hydrogens is 368 g/mol. The molecule has 1 N–H and O–H groups in total. The standard InChI is InChI=1S/C28H52O2/c1-2-3-4-5-6-7-8-9-10-11-12-13-14-15-16-17-18-19-20-21-22-23-24-25-26-27-28(29)30/h2-25H2,1H3,(H,29,30). The van der Waals surface area contributed by atoms with Crippen LogP contribution in [0.5, 0.6) is 0 Å². The highest BCUT2D eigenvalue weighted by molar-refractivity contribution is 5.86. The molecule has 176 valence electrons. The molecule has 0 aliphatic heterocycles. The van der Waals surface area contributed by atoms with Crippen LogP contribution in [0.1, 0.15) is 161 Å². The van der Waals surface area contributed by atoms with E-state index < -0.39 is 5.97 Å². The summed E-state index contributed by atoms with van der Waals surface area (Å²) < 4.78 is 0. The smallest absolute Gasteiger partial charge is 0.381 e. The Kier molecular flexibility index (Phi) is 25.2. The highest BCUT2D eigenvalue weighted by Gasteiger charge is 1.96. The molecule has 0 aromatic heterocycles. The fourth-order valence-corrected chi connectivity index (χ4v) is 4.14. The van der Waals surface area contributed by atoms with Crippen molar-refractivity contribution >= 4 is 5.97 Å². The highest BCUT2D eigenvalue weighted by Crippen LogP contribution is 2.15. The van der Waals surface area contributed by atoms with Gasteiger partial charge in [0.1, 0.15) is 0 Å². The first-order valence-corrected chi connectivity index (χ1v) is 13.5. The Bertz CT molecular complexity index is 405. The van der Waals surface area contributed by atoms with E-state index in [1.165, 1.54) is 141 Å². The van der Waals surface area contributed by atoms with Gasteiger partial charge in [0.05, 0.1) is 0 Å². The molecule has 0 aromatic carbocycles. The van der Waals surface area contributed by atoms with Gasteiger partial charge in [-0.2, -0.15) is 0 Å². The molecule has 0 aliphatic carbocycles. The second kappa shape index (κ2) is 26.1. The van der Waals surface area contributed by atoms with Crippen molar-refractivity contribution in [1.82, 2.24) is 0 Å². The first-order chi connectivity index (χ1) is 14.8. The number of carboxylic acids is 1. The summed E-state index contributed by atoms with van der Waals surface area (Å²) in [6.07, 6.45) is 32.8. The summed E-state index contributed by atoms with van der Waals surface area (Å²) in [5, 5.41) is 8.42. The lowest BCUT2D eigenvalue weighted by Gasteiger charge is -2.04. The van der Waals surface area contributed by atoms with Gasteiger partial charge in [-0.25, -0.2) is 4.79 Å². The van der Waals surface area contributed by atoms with Gasteiger partial charge in [0.25, 0.3) is 0 Å². The predicted octanol–water partition coefficient (Wildman–Crippen LogP) is 9.46. The maximum Gasteiger partial charge on any atom is 0.381 e. The molecule has 0 saturated heterocycles. The van der Waals surface area contributed by atoms with Crippen LogP contribution >= 0.6 is 0 Å². The molecule has 2 nitrogen and oxygen atoms in total. The molecule has 0 radical (unpaired) electrons. The SMILES string of the molecule is CCCCCCCCCCCCCCCCCCCCCCCCCC#CC(=O)O. The fraction of sp³-hybridized carbons (Fsp3) is 0.893. The number of rotatable bonds is 23. The van der Waals surface area contributed by atoms with Crippen molar-refractivity contribution in [1.29, 1.82) is 0 Å². The molecule has 0 heterocycles. The van der Waals surface area contributed by atoms with Gasteiger partial charge in [0.15, 0.2) is 0 Å². The quantitative estimate of drug-likeness (QED) is 0.132. The van der Waals surface area contributed by atoms with Crippen LogP contribution in [0.15, 0.2) is 0 Å². The summed E-state index contributed by atoms with van der Waals surface area (Å²) in [5.41, 5.74) is 0.